The van der Waals surface area contributed by atoms with E-state index in [0.29, 0.717) is 58.0 Å². The third-order valence-corrected chi connectivity index (χ3v) is 7.18. The SMILES string of the molecule is O=C(CCN1CCCC1=O)N1CCCC(=O)N2CCCCC2CCc2cccc(c2)OCC1. The zero-order chi connectivity index (χ0) is 23.0. The van der Waals surface area contributed by atoms with Crippen molar-refractivity contribution in [2.45, 2.75) is 70.3 Å². The fourth-order valence-electron chi connectivity index (χ4n) is 5.28. The molecule has 0 N–H and O–H groups in total. The Morgan fingerprint density at radius 2 is 1.76 bits per heavy atom. The lowest BCUT2D eigenvalue weighted by Crippen LogP contribution is -2.44. The summed E-state index contributed by atoms with van der Waals surface area (Å²) in [6.45, 7) is 3.51. The monoisotopic (exact) mass is 455 g/mol. The molecule has 0 aromatic heterocycles. The molecule has 1 atom stereocenters. The summed E-state index contributed by atoms with van der Waals surface area (Å²) in [6.07, 6.45) is 8.16. The van der Waals surface area contributed by atoms with Crippen LogP contribution in [-0.2, 0) is 20.8 Å². The van der Waals surface area contributed by atoms with Crippen LogP contribution >= 0.6 is 0 Å². The van der Waals surface area contributed by atoms with Crippen LogP contribution in [0.15, 0.2) is 24.3 Å². The number of ether oxygens (including phenoxy) is 1. The van der Waals surface area contributed by atoms with Crippen molar-refractivity contribution in [2.24, 2.45) is 0 Å². The van der Waals surface area contributed by atoms with Gasteiger partial charge in [0.25, 0.3) is 0 Å². The number of hydrogen-bond acceptors (Lipinski definition) is 4. The van der Waals surface area contributed by atoms with E-state index in [4.69, 9.17) is 4.74 Å². The summed E-state index contributed by atoms with van der Waals surface area (Å²) in [5.41, 5.74) is 1.23. The summed E-state index contributed by atoms with van der Waals surface area (Å²) < 4.78 is 5.99. The number of nitrogens with zero attached hydrogens (tertiary/aromatic N) is 3. The van der Waals surface area contributed by atoms with E-state index in [1.807, 2.05) is 17.0 Å². The van der Waals surface area contributed by atoms with E-state index in [-0.39, 0.29) is 17.7 Å². The smallest absolute Gasteiger partial charge is 0.224 e. The zero-order valence-corrected chi connectivity index (χ0v) is 19.7. The first-order valence-corrected chi connectivity index (χ1v) is 12.7. The molecule has 1 unspecified atom stereocenters. The Bertz CT molecular complexity index is 843. The van der Waals surface area contributed by atoms with Crippen molar-refractivity contribution < 1.29 is 19.1 Å². The Kier molecular flexibility index (Phi) is 8.24. The maximum absolute atomic E-state index is 13.0. The van der Waals surface area contributed by atoms with Gasteiger partial charge in [-0.3, -0.25) is 14.4 Å². The van der Waals surface area contributed by atoms with Crippen molar-refractivity contribution in [1.82, 2.24) is 14.7 Å². The number of hydrogen-bond donors (Lipinski definition) is 0. The minimum Gasteiger partial charge on any atom is -0.492 e. The largest absolute Gasteiger partial charge is 0.492 e. The Morgan fingerprint density at radius 1 is 0.909 bits per heavy atom. The van der Waals surface area contributed by atoms with Gasteiger partial charge in [0.1, 0.15) is 12.4 Å². The minimum absolute atomic E-state index is 0.0275. The molecule has 7 heteroatoms. The van der Waals surface area contributed by atoms with E-state index in [1.165, 1.54) is 12.0 Å². The Balaban J connectivity index is 1.42. The molecule has 1 aromatic carbocycles. The summed E-state index contributed by atoms with van der Waals surface area (Å²) in [7, 11) is 0. The van der Waals surface area contributed by atoms with Gasteiger partial charge in [-0.2, -0.15) is 0 Å². The molecule has 7 nitrogen and oxygen atoms in total. The van der Waals surface area contributed by atoms with E-state index in [1.54, 1.807) is 4.90 Å². The van der Waals surface area contributed by atoms with Crippen LogP contribution in [0.1, 0.15) is 63.4 Å². The number of aryl methyl sites for hydroxylation is 1. The van der Waals surface area contributed by atoms with Crippen molar-refractivity contribution in [3.8, 4) is 5.75 Å². The summed E-state index contributed by atoms with van der Waals surface area (Å²) in [5.74, 6) is 1.22. The number of fused-ring (bicyclic) bond motifs is 3. The predicted molar refractivity (Wildman–Crippen MR) is 126 cm³/mol. The molecule has 1 aromatic rings. The molecule has 3 aliphatic rings. The third-order valence-electron chi connectivity index (χ3n) is 7.18. The van der Waals surface area contributed by atoms with Gasteiger partial charge in [0.15, 0.2) is 0 Å². The summed E-state index contributed by atoms with van der Waals surface area (Å²) in [4.78, 5) is 43.6. The molecule has 3 heterocycles. The molecule has 2 bridgehead atoms. The van der Waals surface area contributed by atoms with Crippen LogP contribution in [0, 0.1) is 0 Å². The normalized spacial score (nSPS) is 22.9. The highest BCUT2D eigenvalue weighted by molar-refractivity contribution is 5.80. The molecule has 0 aliphatic carbocycles. The van der Waals surface area contributed by atoms with Gasteiger partial charge in [-0.05, 0) is 62.6 Å². The lowest BCUT2D eigenvalue weighted by molar-refractivity contribution is -0.137. The topological polar surface area (TPSA) is 70.2 Å². The van der Waals surface area contributed by atoms with Gasteiger partial charge in [0.2, 0.25) is 17.7 Å². The fraction of sp³-hybridized carbons (Fsp3) is 0.654. The van der Waals surface area contributed by atoms with E-state index >= 15 is 0 Å². The molecular weight excluding hydrogens is 418 g/mol. The third kappa shape index (κ3) is 6.49. The summed E-state index contributed by atoms with van der Waals surface area (Å²) >= 11 is 0. The number of benzene rings is 1. The number of piperidine rings is 1. The lowest BCUT2D eigenvalue weighted by atomic mass is 9.95. The van der Waals surface area contributed by atoms with Crippen LogP contribution in [0.4, 0.5) is 0 Å². The molecule has 0 spiro atoms. The molecule has 3 aliphatic heterocycles. The van der Waals surface area contributed by atoms with Crippen LogP contribution in [0.3, 0.4) is 0 Å². The highest BCUT2D eigenvalue weighted by Crippen LogP contribution is 2.24. The van der Waals surface area contributed by atoms with Crippen molar-refractivity contribution in [1.29, 1.82) is 0 Å². The van der Waals surface area contributed by atoms with E-state index in [9.17, 15) is 14.4 Å². The van der Waals surface area contributed by atoms with Crippen molar-refractivity contribution >= 4 is 17.7 Å². The lowest BCUT2D eigenvalue weighted by Gasteiger charge is -2.36. The van der Waals surface area contributed by atoms with Crippen LogP contribution in [-0.4, -0.2) is 77.8 Å². The van der Waals surface area contributed by atoms with Gasteiger partial charge in [-0.1, -0.05) is 12.1 Å². The highest BCUT2D eigenvalue weighted by Gasteiger charge is 2.27. The van der Waals surface area contributed by atoms with Crippen LogP contribution in [0.2, 0.25) is 0 Å². The molecule has 33 heavy (non-hydrogen) atoms. The van der Waals surface area contributed by atoms with E-state index < -0.39 is 0 Å². The number of carbonyl (C=O) groups excluding carboxylic acids is 3. The molecule has 2 saturated heterocycles. The quantitative estimate of drug-likeness (QED) is 0.703. The van der Waals surface area contributed by atoms with Crippen LogP contribution < -0.4 is 4.74 Å². The Hall–Kier alpha value is -2.57. The second-order valence-corrected chi connectivity index (χ2v) is 9.49. The predicted octanol–water partition coefficient (Wildman–Crippen LogP) is 3.01. The number of amides is 3. The van der Waals surface area contributed by atoms with Crippen LogP contribution in [0.5, 0.6) is 5.75 Å². The van der Waals surface area contributed by atoms with E-state index in [0.717, 1.165) is 50.9 Å². The molecular formula is C26H37N3O4. The van der Waals surface area contributed by atoms with Crippen molar-refractivity contribution in [3.05, 3.63) is 29.8 Å². The fourth-order valence-corrected chi connectivity index (χ4v) is 5.28. The van der Waals surface area contributed by atoms with Crippen molar-refractivity contribution in [3.63, 3.8) is 0 Å². The van der Waals surface area contributed by atoms with Gasteiger partial charge in [-0.15, -0.1) is 0 Å². The molecule has 3 amide bonds. The zero-order valence-electron chi connectivity index (χ0n) is 19.7. The average molecular weight is 456 g/mol. The molecule has 0 saturated carbocycles. The van der Waals surface area contributed by atoms with Gasteiger partial charge in [0, 0.05) is 51.5 Å². The second kappa shape index (κ2) is 11.5. The first-order chi connectivity index (χ1) is 16.1. The van der Waals surface area contributed by atoms with Crippen LogP contribution in [0.25, 0.3) is 0 Å². The van der Waals surface area contributed by atoms with Gasteiger partial charge in [-0.25, -0.2) is 0 Å². The second-order valence-electron chi connectivity index (χ2n) is 9.49. The van der Waals surface area contributed by atoms with Gasteiger partial charge in [0.05, 0.1) is 6.54 Å². The molecule has 2 fully saturated rings. The molecule has 180 valence electrons. The Morgan fingerprint density at radius 3 is 2.61 bits per heavy atom. The maximum Gasteiger partial charge on any atom is 0.224 e. The maximum atomic E-state index is 13.0. The summed E-state index contributed by atoms with van der Waals surface area (Å²) in [6, 6.07) is 8.48. The Labute approximate surface area is 197 Å². The molecule has 0 radical (unpaired) electrons. The van der Waals surface area contributed by atoms with E-state index in [2.05, 4.69) is 17.0 Å². The highest BCUT2D eigenvalue weighted by atomic mass is 16.5. The van der Waals surface area contributed by atoms with Gasteiger partial charge < -0.3 is 19.4 Å². The number of rotatable bonds is 3. The number of carbonyl (C=O) groups is 3. The number of likely N-dealkylation sites (tertiary alicyclic amines) is 1. The summed E-state index contributed by atoms with van der Waals surface area (Å²) in [5, 5.41) is 0. The van der Waals surface area contributed by atoms with Gasteiger partial charge >= 0.3 is 0 Å². The standard InChI is InChI=1S/C26H37N3O4/c30-24-9-4-14-27(24)17-13-25(31)28-15-5-10-26(32)29-16-2-1-7-22(29)12-11-21-6-3-8-23(20-21)33-19-18-28/h3,6,8,20,22H,1-2,4-5,7,9-19H2. The average Bonchev–Trinajstić information content (AvgIpc) is 3.24. The first-order valence-electron chi connectivity index (χ1n) is 12.7. The molecule has 4 rings (SSSR count). The first kappa shape index (κ1) is 23.6. The minimum atomic E-state index is 0.0275. The van der Waals surface area contributed by atoms with Crippen molar-refractivity contribution in [2.75, 3.05) is 39.3 Å².